The third kappa shape index (κ3) is 3.62. The van der Waals surface area contributed by atoms with Crippen LogP contribution in [-0.4, -0.2) is 14.7 Å². The van der Waals surface area contributed by atoms with Crippen LogP contribution in [-0.2, 0) is 13.0 Å². The third-order valence-corrected chi connectivity index (χ3v) is 5.96. The highest BCUT2D eigenvalue weighted by molar-refractivity contribution is 5.70. The molecule has 4 aromatic rings. The first-order valence-electron chi connectivity index (χ1n) is 10.8. The van der Waals surface area contributed by atoms with E-state index in [1.54, 1.807) is 5.01 Å². The van der Waals surface area contributed by atoms with Crippen LogP contribution in [0.4, 0.5) is 11.4 Å². The number of aryl methyl sites for hydroxylation is 1. The molecule has 0 spiro atoms. The first-order chi connectivity index (χ1) is 15.6. The van der Waals surface area contributed by atoms with E-state index in [1.165, 1.54) is 0 Å². The molecule has 32 heavy (non-hydrogen) atoms. The van der Waals surface area contributed by atoms with Gasteiger partial charge in [0.25, 0.3) is 0 Å². The van der Waals surface area contributed by atoms with Gasteiger partial charge in [0, 0.05) is 24.2 Å². The Morgan fingerprint density at radius 3 is 2.44 bits per heavy atom. The van der Waals surface area contributed by atoms with E-state index in [0.717, 1.165) is 46.9 Å². The Balaban J connectivity index is 1.30. The predicted octanol–water partition coefficient (Wildman–Crippen LogP) is 4.21. The smallest absolute Gasteiger partial charge is 0.227 e. The molecule has 0 bridgehead atoms. The highest BCUT2D eigenvalue weighted by Crippen LogP contribution is 2.30. The lowest BCUT2D eigenvalue weighted by Crippen LogP contribution is -3.10. The van der Waals surface area contributed by atoms with Crippen LogP contribution >= 0.6 is 0 Å². The van der Waals surface area contributed by atoms with Crippen molar-refractivity contribution in [3.63, 3.8) is 0 Å². The molecule has 7 heteroatoms. The van der Waals surface area contributed by atoms with Crippen molar-refractivity contribution in [1.29, 1.82) is 0 Å². The number of nitrogens with one attached hydrogen (secondary N) is 1. The van der Waals surface area contributed by atoms with E-state index in [0.29, 0.717) is 18.1 Å². The standard InChI is InChI=1S/C25H25N5O2/c1-18-22-15-17-29(21-12-7-4-8-13-21)30(31)24(22)19(2)28(18)16-9-14-23-26-25(27-32-23)20-10-5-3-6-11-20/h3-8,10-13,15,17,30H,9,14,16H2,1-2H3. The van der Waals surface area contributed by atoms with Crippen LogP contribution in [0, 0.1) is 19.1 Å². The van der Waals surface area contributed by atoms with Crippen LogP contribution in [0.1, 0.15) is 29.3 Å². The van der Waals surface area contributed by atoms with Crippen LogP contribution in [0.15, 0.2) is 71.4 Å². The van der Waals surface area contributed by atoms with Crippen molar-refractivity contribution < 1.29 is 9.70 Å². The number of nitrogens with zero attached hydrogens (tertiary/aromatic N) is 4. The number of anilines is 1. The van der Waals surface area contributed by atoms with Gasteiger partial charge in [-0.2, -0.15) is 9.99 Å². The van der Waals surface area contributed by atoms with Gasteiger partial charge in [0.2, 0.25) is 11.7 Å². The maximum Gasteiger partial charge on any atom is 0.227 e. The molecule has 0 aliphatic carbocycles. The van der Waals surface area contributed by atoms with Gasteiger partial charge in [0.1, 0.15) is 0 Å². The van der Waals surface area contributed by atoms with Gasteiger partial charge >= 0.3 is 0 Å². The van der Waals surface area contributed by atoms with Gasteiger partial charge in [0.05, 0.1) is 23.1 Å². The summed E-state index contributed by atoms with van der Waals surface area (Å²) in [5.41, 5.74) is 5.69. The molecule has 1 unspecified atom stereocenters. The minimum Gasteiger partial charge on any atom is -0.602 e. The number of fused-ring (bicyclic) bond motifs is 1. The van der Waals surface area contributed by atoms with E-state index in [9.17, 15) is 5.21 Å². The fourth-order valence-corrected chi connectivity index (χ4v) is 4.30. The highest BCUT2D eigenvalue weighted by atomic mass is 16.5. The molecule has 1 N–H and O–H groups in total. The number of quaternary nitrogens is 1. The molecule has 2 aromatic carbocycles. The summed E-state index contributed by atoms with van der Waals surface area (Å²) < 4.78 is 7.65. The Kier molecular flexibility index (Phi) is 5.34. The zero-order chi connectivity index (χ0) is 22.1. The Hall–Kier alpha value is -3.68. The summed E-state index contributed by atoms with van der Waals surface area (Å²) in [6, 6.07) is 19.5. The lowest BCUT2D eigenvalue weighted by molar-refractivity contribution is -0.782. The minimum atomic E-state index is 0.0115. The molecule has 0 saturated carbocycles. The molecular formula is C25H25N5O2. The topological polar surface area (TPSA) is 74.6 Å². The number of hydrogen-bond donors (Lipinski definition) is 1. The minimum absolute atomic E-state index is 0.0115. The van der Waals surface area contributed by atoms with E-state index >= 15 is 0 Å². The lowest BCUT2D eigenvalue weighted by atomic mass is 10.1. The van der Waals surface area contributed by atoms with Crippen LogP contribution in [0.5, 0.6) is 0 Å². The first-order valence-corrected chi connectivity index (χ1v) is 10.8. The maximum atomic E-state index is 13.3. The van der Waals surface area contributed by atoms with Crippen molar-refractivity contribution in [1.82, 2.24) is 14.7 Å². The Morgan fingerprint density at radius 2 is 1.69 bits per heavy atom. The number of aromatic nitrogens is 3. The molecule has 7 nitrogen and oxygen atoms in total. The molecular weight excluding hydrogens is 402 g/mol. The first kappa shape index (κ1) is 20.2. The largest absolute Gasteiger partial charge is 0.602 e. The van der Waals surface area contributed by atoms with Gasteiger partial charge in [-0.25, -0.2) is 5.17 Å². The van der Waals surface area contributed by atoms with Crippen molar-refractivity contribution >= 4 is 17.5 Å². The average molecular weight is 428 g/mol. The summed E-state index contributed by atoms with van der Waals surface area (Å²) in [5, 5.41) is 19.1. The molecule has 5 rings (SSSR count). The summed E-state index contributed by atoms with van der Waals surface area (Å²) in [6.07, 6.45) is 5.42. The van der Waals surface area contributed by atoms with E-state index < -0.39 is 0 Å². The van der Waals surface area contributed by atoms with Crippen molar-refractivity contribution in [3.8, 4) is 11.4 Å². The van der Waals surface area contributed by atoms with Crippen LogP contribution in [0.2, 0.25) is 0 Å². The fraction of sp³-hybridized carbons (Fsp3) is 0.200. The molecule has 0 fully saturated rings. The number of para-hydroxylation sites is 1. The summed E-state index contributed by atoms with van der Waals surface area (Å²) in [4.78, 5) is 4.52. The second-order valence-electron chi connectivity index (χ2n) is 7.92. The molecule has 162 valence electrons. The SMILES string of the molecule is Cc1c2c(c(C)n1CCCc1nc(-c3ccccc3)no1)[NH+]([O-])N(c1ccccc1)C=C2. The van der Waals surface area contributed by atoms with E-state index in [1.807, 2.05) is 79.9 Å². The normalized spacial score (nSPS) is 15.2. The predicted molar refractivity (Wildman–Crippen MR) is 124 cm³/mol. The number of rotatable bonds is 6. The van der Waals surface area contributed by atoms with Crippen molar-refractivity contribution in [2.75, 3.05) is 5.01 Å². The quantitative estimate of drug-likeness (QED) is 0.467. The Bertz CT molecular complexity index is 1240. The molecule has 0 amide bonds. The number of benzene rings is 2. The third-order valence-electron chi connectivity index (χ3n) is 5.96. The van der Waals surface area contributed by atoms with E-state index in [-0.39, 0.29) is 5.17 Å². The molecule has 1 aliphatic rings. The van der Waals surface area contributed by atoms with Gasteiger partial charge in [-0.3, -0.25) is 0 Å². The molecule has 3 heterocycles. The lowest BCUT2D eigenvalue weighted by Gasteiger charge is -2.35. The molecule has 2 aromatic heterocycles. The van der Waals surface area contributed by atoms with E-state index in [2.05, 4.69) is 21.6 Å². The fourth-order valence-electron chi connectivity index (χ4n) is 4.30. The second-order valence-corrected chi connectivity index (χ2v) is 7.92. The van der Waals surface area contributed by atoms with Gasteiger partial charge in [-0.1, -0.05) is 53.7 Å². The molecule has 0 radical (unpaired) electrons. The van der Waals surface area contributed by atoms with Crippen LogP contribution in [0.25, 0.3) is 17.5 Å². The van der Waals surface area contributed by atoms with Gasteiger partial charge < -0.3 is 14.3 Å². The van der Waals surface area contributed by atoms with Crippen molar-refractivity contribution in [3.05, 3.63) is 94.9 Å². The van der Waals surface area contributed by atoms with Crippen molar-refractivity contribution in [2.24, 2.45) is 0 Å². The van der Waals surface area contributed by atoms with E-state index in [4.69, 9.17) is 4.52 Å². The highest BCUT2D eigenvalue weighted by Gasteiger charge is 2.28. The van der Waals surface area contributed by atoms with Gasteiger partial charge in [-0.15, -0.1) is 0 Å². The molecule has 0 saturated heterocycles. The zero-order valence-electron chi connectivity index (χ0n) is 18.2. The molecule has 1 aliphatic heterocycles. The second kappa shape index (κ2) is 8.45. The van der Waals surface area contributed by atoms with Gasteiger partial charge in [0.15, 0.2) is 5.69 Å². The summed E-state index contributed by atoms with van der Waals surface area (Å²) >= 11 is 0. The maximum absolute atomic E-state index is 13.3. The van der Waals surface area contributed by atoms with Crippen LogP contribution < -0.4 is 10.2 Å². The molecule has 1 atom stereocenters. The summed E-state index contributed by atoms with van der Waals surface area (Å²) in [5.74, 6) is 1.24. The van der Waals surface area contributed by atoms with Crippen LogP contribution in [0.3, 0.4) is 0 Å². The Labute approximate surface area is 186 Å². The Morgan fingerprint density at radius 1 is 0.969 bits per heavy atom. The van der Waals surface area contributed by atoms with Crippen molar-refractivity contribution in [2.45, 2.75) is 33.2 Å². The number of hydrogen-bond acceptors (Lipinski definition) is 5. The summed E-state index contributed by atoms with van der Waals surface area (Å²) in [6.45, 7) is 4.87. The monoisotopic (exact) mass is 427 g/mol. The summed E-state index contributed by atoms with van der Waals surface area (Å²) in [7, 11) is 0. The average Bonchev–Trinajstić information content (AvgIpc) is 3.39. The zero-order valence-corrected chi connectivity index (χ0v) is 18.2. The van der Waals surface area contributed by atoms with Gasteiger partial charge in [-0.05, 0) is 38.5 Å².